The summed E-state index contributed by atoms with van der Waals surface area (Å²) in [6.45, 7) is 1.11. The zero-order valence-electron chi connectivity index (χ0n) is 17.7. The van der Waals surface area contributed by atoms with E-state index in [2.05, 4.69) is 17.6 Å². The van der Waals surface area contributed by atoms with E-state index in [1.165, 1.54) is 0 Å². The summed E-state index contributed by atoms with van der Waals surface area (Å²) in [4.78, 5) is 31.8. The van der Waals surface area contributed by atoms with Crippen molar-refractivity contribution < 1.29 is 14.4 Å². The van der Waals surface area contributed by atoms with Gasteiger partial charge in [-0.1, -0.05) is 73.9 Å². The first-order chi connectivity index (χ1) is 15.2. The van der Waals surface area contributed by atoms with Crippen molar-refractivity contribution in [2.75, 3.05) is 11.4 Å². The molecule has 0 saturated carbocycles. The predicted molar refractivity (Wildman–Crippen MR) is 123 cm³/mol. The smallest absolute Gasteiger partial charge is 0.258 e. The van der Waals surface area contributed by atoms with E-state index in [0.29, 0.717) is 13.0 Å². The maximum Gasteiger partial charge on any atom is 0.258 e. The van der Waals surface area contributed by atoms with Crippen molar-refractivity contribution in [1.82, 2.24) is 5.48 Å². The summed E-state index contributed by atoms with van der Waals surface area (Å²) in [7, 11) is 0. The molecule has 1 aliphatic rings. The fraction of sp³-hybridized carbons (Fsp3) is 0.308. The summed E-state index contributed by atoms with van der Waals surface area (Å²) in [6, 6.07) is 21.8. The lowest BCUT2D eigenvalue weighted by Gasteiger charge is -2.17. The number of hydrogen-bond acceptors (Lipinski definition) is 3. The van der Waals surface area contributed by atoms with Gasteiger partial charge in [-0.3, -0.25) is 14.4 Å². The van der Waals surface area contributed by atoms with Crippen molar-refractivity contribution in [1.29, 1.82) is 0 Å². The zero-order valence-corrected chi connectivity index (χ0v) is 17.7. The second-order valence-corrected chi connectivity index (χ2v) is 7.95. The first kappa shape index (κ1) is 21.1. The Bertz CT molecular complexity index is 1040. The molecule has 2 amide bonds. The molecule has 0 saturated heterocycles. The molecule has 0 bridgehead atoms. The number of benzene rings is 3. The van der Waals surface area contributed by atoms with Crippen LogP contribution in [0.15, 0.2) is 66.7 Å². The van der Waals surface area contributed by atoms with E-state index in [0.717, 1.165) is 66.2 Å². The van der Waals surface area contributed by atoms with E-state index in [1.807, 2.05) is 59.5 Å². The third kappa shape index (κ3) is 5.12. The van der Waals surface area contributed by atoms with Crippen LogP contribution in [0.4, 0.5) is 5.69 Å². The van der Waals surface area contributed by atoms with Crippen LogP contribution < -0.4 is 10.4 Å². The molecule has 31 heavy (non-hydrogen) atoms. The van der Waals surface area contributed by atoms with Gasteiger partial charge in [0, 0.05) is 23.9 Å². The number of carbonyl (C=O) groups excluding carboxylic acids is 2. The first-order valence-electron chi connectivity index (χ1n) is 11.0. The molecule has 0 spiro atoms. The van der Waals surface area contributed by atoms with Gasteiger partial charge < -0.3 is 4.90 Å². The van der Waals surface area contributed by atoms with E-state index in [1.54, 1.807) is 0 Å². The van der Waals surface area contributed by atoms with Gasteiger partial charge in [-0.15, -0.1) is 0 Å². The lowest BCUT2D eigenvalue weighted by atomic mass is 10.1. The Morgan fingerprint density at radius 3 is 2.42 bits per heavy atom. The molecule has 0 fully saturated rings. The highest BCUT2D eigenvalue weighted by atomic mass is 16.6. The number of nitrogens with one attached hydrogen (secondary N) is 1. The molecule has 160 valence electrons. The molecule has 4 rings (SSSR count). The van der Waals surface area contributed by atoms with Gasteiger partial charge in [-0.05, 0) is 35.9 Å². The lowest BCUT2D eigenvalue weighted by molar-refractivity contribution is -0.134. The van der Waals surface area contributed by atoms with E-state index < -0.39 is 0 Å². The molecule has 0 atom stereocenters. The topological polar surface area (TPSA) is 58.6 Å². The largest absolute Gasteiger partial charge is 0.308 e. The van der Waals surface area contributed by atoms with Gasteiger partial charge in [-0.25, -0.2) is 5.48 Å². The predicted octanol–water partition coefficient (Wildman–Crippen LogP) is 5.39. The minimum absolute atomic E-state index is 0.0792. The summed E-state index contributed by atoms with van der Waals surface area (Å²) in [5.74, 6) is 0.0310. The van der Waals surface area contributed by atoms with Crippen molar-refractivity contribution in [2.45, 2.75) is 45.1 Å². The molecule has 0 aromatic heterocycles. The maximum atomic E-state index is 12.8. The number of anilines is 1. The minimum atomic E-state index is -0.0792. The van der Waals surface area contributed by atoms with Crippen LogP contribution in [0, 0.1) is 0 Å². The van der Waals surface area contributed by atoms with Crippen LogP contribution in [0.2, 0.25) is 0 Å². The van der Waals surface area contributed by atoms with Crippen molar-refractivity contribution in [3.05, 3.63) is 77.9 Å². The Hall–Kier alpha value is -3.18. The van der Waals surface area contributed by atoms with Gasteiger partial charge in [0.05, 0.1) is 12.3 Å². The second kappa shape index (κ2) is 10.2. The third-order valence-electron chi connectivity index (χ3n) is 5.70. The van der Waals surface area contributed by atoms with Gasteiger partial charge in [-0.2, -0.15) is 0 Å². The summed E-state index contributed by atoms with van der Waals surface area (Å²) in [5.41, 5.74) is 5.38. The standard InChI is InChI=1S/C26H28N2O3/c29-24(27-31-19-20-11-5-4-6-12-20)17-7-2-1-3-8-18-28-23-16-10-14-21-13-9-15-22(25(21)23)26(28)30/h4-6,9-16H,1-3,7-8,17-19H2,(H,27,29). The van der Waals surface area contributed by atoms with E-state index in [9.17, 15) is 9.59 Å². The van der Waals surface area contributed by atoms with Gasteiger partial charge in [0.1, 0.15) is 0 Å². The van der Waals surface area contributed by atoms with Crippen molar-refractivity contribution in [3.63, 3.8) is 0 Å². The molecule has 5 heteroatoms. The van der Waals surface area contributed by atoms with Gasteiger partial charge in [0.15, 0.2) is 0 Å². The fourth-order valence-electron chi connectivity index (χ4n) is 4.11. The van der Waals surface area contributed by atoms with E-state index >= 15 is 0 Å². The van der Waals surface area contributed by atoms with Crippen molar-refractivity contribution in [3.8, 4) is 0 Å². The SMILES string of the molecule is O=C(CCCCCCCN1C(=O)c2cccc3cccc1c23)NOCc1ccccc1. The minimum Gasteiger partial charge on any atom is -0.308 e. The highest BCUT2D eigenvalue weighted by Crippen LogP contribution is 2.37. The average molecular weight is 417 g/mol. The van der Waals surface area contributed by atoms with Crippen LogP contribution in [0.25, 0.3) is 10.8 Å². The quantitative estimate of drug-likeness (QED) is 0.337. The van der Waals surface area contributed by atoms with Gasteiger partial charge in [0.2, 0.25) is 5.91 Å². The summed E-state index contributed by atoms with van der Waals surface area (Å²) >= 11 is 0. The Labute approximate surface area is 183 Å². The Morgan fingerprint density at radius 1 is 0.839 bits per heavy atom. The molecule has 1 heterocycles. The van der Waals surface area contributed by atoms with E-state index in [-0.39, 0.29) is 11.8 Å². The highest BCUT2D eigenvalue weighted by Gasteiger charge is 2.28. The molecule has 1 N–H and O–H groups in total. The van der Waals surface area contributed by atoms with Crippen LogP contribution in [0.5, 0.6) is 0 Å². The lowest BCUT2D eigenvalue weighted by Crippen LogP contribution is -2.27. The molecule has 0 aliphatic carbocycles. The molecule has 0 radical (unpaired) electrons. The molecular formula is C26H28N2O3. The van der Waals surface area contributed by atoms with Gasteiger partial charge >= 0.3 is 0 Å². The van der Waals surface area contributed by atoms with Crippen LogP contribution in [-0.4, -0.2) is 18.4 Å². The first-order valence-corrected chi connectivity index (χ1v) is 11.0. The monoisotopic (exact) mass is 416 g/mol. The Morgan fingerprint density at radius 2 is 1.58 bits per heavy atom. The van der Waals surface area contributed by atoms with Crippen LogP contribution in [0.3, 0.4) is 0 Å². The molecule has 5 nitrogen and oxygen atoms in total. The van der Waals surface area contributed by atoms with E-state index in [4.69, 9.17) is 4.84 Å². The van der Waals surface area contributed by atoms with Crippen molar-refractivity contribution in [2.24, 2.45) is 0 Å². The normalized spacial score (nSPS) is 12.5. The number of rotatable bonds is 11. The Kier molecular flexibility index (Phi) is 6.95. The number of nitrogens with zero attached hydrogens (tertiary/aromatic N) is 1. The number of unbranched alkanes of at least 4 members (excludes halogenated alkanes) is 4. The summed E-state index contributed by atoms with van der Waals surface area (Å²) in [5, 5.41) is 2.20. The van der Waals surface area contributed by atoms with Crippen LogP contribution >= 0.6 is 0 Å². The average Bonchev–Trinajstić information content (AvgIpc) is 3.07. The summed E-state index contributed by atoms with van der Waals surface area (Å²) in [6.07, 6.45) is 5.36. The van der Waals surface area contributed by atoms with Crippen molar-refractivity contribution >= 4 is 28.3 Å². The number of hydrogen-bond donors (Lipinski definition) is 1. The molecule has 1 aliphatic heterocycles. The third-order valence-corrected chi connectivity index (χ3v) is 5.70. The molecule has 3 aromatic carbocycles. The number of amides is 2. The maximum absolute atomic E-state index is 12.8. The second-order valence-electron chi connectivity index (χ2n) is 7.95. The Balaban J connectivity index is 1.10. The molecular weight excluding hydrogens is 388 g/mol. The van der Waals surface area contributed by atoms with Crippen LogP contribution in [0.1, 0.15) is 54.4 Å². The highest BCUT2D eigenvalue weighted by molar-refractivity contribution is 6.24. The number of hydroxylamine groups is 1. The number of carbonyl (C=O) groups is 2. The van der Waals surface area contributed by atoms with Gasteiger partial charge in [0.25, 0.3) is 5.91 Å². The summed E-state index contributed by atoms with van der Waals surface area (Å²) < 4.78 is 0. The van der Waals surface area contributed by atoms with Crippen LogP contribution in [-0.2, 0) is 16.2 Å². The molecule has 0 unspecified atom stereocenters. The molecule has 3 aromatic rings. The fourth-order valence-corrected chi connectivity index (χ4v) is 4.11. The zero-order chi connectivity index (χ0) is 21.5.